The fraction of sp³-hybridized carbons (Fsp3) is 0.696. The SMILES string of the molecule is COC(=O)CCC[C@@H]1[C@H]2CCCN3CCC[C@H](CN1Cc1cccc(Cl)c1)[C@@H]23. The summed E-state index contributed by atoms with van der Waals surface area (Å²) in [7, 11) is 1.49. The minimum atomic E-state index is -0.0852. The van der Waals surface area contributed by atoms with E-state index in [-0.39, 0.29) is 5.97 Å². The van der Waals surface area contributed by atoms with Crippen LogP contribution in [0.25, 0.3) is 0 Å². The van der Waals surface area contributed by atoms with Gasteiger partial charge in [-0.05, 0) is 81.1 Å². The quantitative estimate of drug-likeness (QED) is 0.659. The molecule has 3 saturated heterocycles. The van der Waals surface area contributed by atoms with Gasteiger partial charge in [0.2, 0.25) is 0 Å². The summed E-state index contributed by atoms with van der Waals surface area (Å²) in [5.74, 6) is 1.43. The van der Waals surface area contributed by atoms with Crippen LogP contribution in [0.5, 0.6) is 0 Å². The Balaban J connectivity index is 1.53. The van der Waals surface area contributed by atoms with Crippen molar-refractivity contribution < 1.29 is 9.53 Å². The van der Waals surface area contributed by atoms with Gasteiger partial charge in [0, 0.05) is 36.6 Å². The van der Waals surface area contributed by atoms with E-state index in [4.69, 9.17) is 16.3 Å². The zero-order chi connectivity index (χ0) is 19.5. The molecule has 4 nitrogen and oxygen atoms in total. The van der Waals surface area contributed by atoms with Crippen molar-refractivity contribution in [2.75, 3.05) is 26.7 Å². The predicted molar refractivity (Wildman–Crippen MR) is 112 cm³/mol. The number of hydrogen-bond acceptors (Lipinski definition) is 4. The minimum absolute atomic E-state index is 0.0852. The first-order chi connectivity index (χ1) is 13.7. The van der Waals surface area contributed by atoms with E-state index in [0.29, 0.717) is 12.5 Å². The molecule has 28 heavy (non-hydrogen) atoms. The minimum Gasteiger partial charge on any atom is -0.469 e. The van der Waals surface area contributed by atoms with Gasteiger partial charge in [0.15, 0.2) is 0 Å². The average Bonchev–Trinajstić information content (AvgIpc) is 2.70. The molecule has 5 heteroatoms. The molecular formula is C23H33ClN2O2. The number of benzene rings is 1. The highest BCUT2D eigenvalue weighted by Gasteiger charge is 2.48. The van der Waals surface area contributed by atoms with Crippen LogP contribution in [0.1, 0.15) is 50.5 Å². The number of esters is 1. The van der Waals surface area contributed by atoms with E-state index in [1.54, 1.807) is 0 Å². The lowest BCUT2D eigenvalue weighted by Gasteiger charge is -2.57. The molecule has 3 aliphatic heterocycles. The molecular weight excluding hydrogens is 372 g/mol. The maximum absolute atomic E-state index is 11.6. The molecule has 0 N–H and O–H groups in total. The lowest BCUT2D eigenvalue weighted by molar-refractivity contribution is -0.141. The van der Waals surface area contributed by atoms with E-state index in [1.165, 1.54) is 58.0 Å². The Morgan fingerprint density at radius 1 is 1.25 bits per heavy atom. The second-order valence-corrected chi connectivity index (χ2v) is 9.27. The number of halogens is 1. The molecule has 4 atom stereocenters. The van der Waals surface area contributed by atoms with E-state index < -0.39 is 0 Å². The molecule has 3 aliphatic rings. The average molecular weight is 405 g/mol. The third-order valence-electron chi connectivity index (χ3n) is 7.16. The summed E-state index contributed by atoms with van der Waals surface area (Å²) in [5.41, 5.74) is 1.30. The van der Waals surface area contributed by atoms with Gasteiger partial charge >= 0.3 is 5.97 Å². The van der Waals surface area contributed by atoms with E-state index in [0.717, 1.165) is 42.3 Å². The van der Waals surface area contributed by atoms with Crippen molar-refractivity contribution in [1.82, 2.24) is 9.80 Å². The lowest BCUT2D eigenvalue weighted by atomic mass is 9.69. The normalized spacial score (nSPS) is 30.6. The van der Waals surface area contributed by atoms with Crippen LogP contribution in [-0.4, -0.2) is 54.6 Å². The van der Waals surface area contributed by atoms with Gasteiger partial charge in [0.25, 0.3) is 0 Å². The van der Waals surface area contributed by atoms with Gasteiger partial charge in [-0.3, -0.25) is 14.6 Å². The summed E-state index contributed by atoms with van der Waals surface area (Å²) in [6.07, 6.45) is 7.86. The van der Waals surface area contributed by atoms with Gasteiger partial charge in [-0.2, -0.15) is 0 Å². The number of ether oxygens (including phenoxy) is 1. The maximum atomic E-state index is 11.6. The van der Waals surface area contributed by atoms with Gasteiger partial charge in [-0.15, -0.1) is 0 Å². The van der Waals surface area contributed by atoms with Crippen molar-refractivity contribution in [1.29, 1.82) is 0 Å². The van der Waals surface area contributed by atoms with E-state index >= 15 is 0 Å². The fourth-order valence-electron chi connectivity index (χ4n) is 6.09. The first-order valence-corrected chi connectivity index (χ1v) is 11.3. The summed E-state index contributed by atoms with van der Waals surface area (Å²) in [6.45, 7) is 4.69. The number of nitrogens with zero attached hydrogens (tertiary/aromatic N) is 2. The van der Waals surface area contributed by atoms with Gasteiger partial charge < -0.3 is 4.74 Å². The van der Waals surface area contributed by atoms with E-state index in [9.17, 15) is 4.79 Å². The summed E-state index contributed by atoms with van der Waals surface area (Å²) < 4.78 is 4.87. The van der Waals surface area contributed by atoms with Crippen LogP contribution in [-0.2, 0) is 16.1 Å². The molecule has 1 aromatic rings. The summed E-state index contributed by atoms with van der Waals surface area (Å²) in [4.78, 5) is 17.1. The van der Waals surface area contributed by atoms with Crippen LogP contribution in [0.4, 0.5) is 0 Å². The molecule has 154 valence electrons. The molecule has 0 amide bonds. The second kappa shape index (κ2) is 9.15. The highest BCUT2D eigenvalue weighted by atomic mass is 35.5. The molecule has 3 fully saturated rings. The van der Waals surface area contributed by atoms with Crippen LogP contribution in [0.15, 0.2) is 24.3 Å². The van der Waals surface area contributed by atoms with Crippen molar-refractivity contribution in [3.63, 3.8) is 0 Å². The number of carbonyl (C=O) groups is 1. The number of piperidine rings is 3. The standard InChI is InChI=1S/C23H33ClN2O2/c1-28-22(27)11-3-10-21-20-9-5-13-25-12-4-7-18(23(20)25)16-26(21)15-17-6-2-8-19(24)14-17/h2,6,8,14,18,20-21,23H,3-5,7,9-13,15-16H2,1H3/t18-,20-,21-,23+/m1/s1. The molecule has 0 aliphatic carbocycles. The van der Waals surface area contributed by atoms with Crippen LogP contribution in [0.2, 0.25) is 5.02 Å². The third-order valence-corrected chi connectivity index (χ3v) is 7.40. The second-order valence-electron chi connectivity index (χ2n) is 8.83. The Morgan fingerprint density at radius 3 is 2.86 bits per heavy atom. The molecule has 0 aromatic heterocycles. The van der Waals surface area contributed by atoms with Crippen LogP contribution in [0.3, 0.4) is 0 Å². The van der Waals surface area contributed by atoms with Crippen LogP contribution >= 0.6 is 11.6 Å². The molecule has 0 saturated carbocycles. The Kier molecular flexibility index (Phi) is 6.59. The van der Waals surface area contributed by atoms with Crippen LogP contribution < -0.4 is 0 Å². The van der Waals surface area contributed by atoms with E-state index in [2.05, 4.69) is 28.0 Å². The van der Waals surface area contributed by atoms with E-state index in [1.807, 2.05) is 6.07 Å². The van der Waals surface area contributed by atoms with Gasteiger partial charge in [-0.1, -0.05) is 23.7 Å². The van der Waals surface area contributed by atoms with Gasteiger partial charge in [0.1, 0.15) is 0 Å². The maximum Gasteiger partial charge on any atom is 0.305 e. The number of carbonyl (C=O) groups excluding carboxylic acids is 1. The lowest BCUT2D eigenvalue weighted by Crippen LogP contribution is -2.64. The van der Waals surface area contributed by atoms with Crippen molar-refractivity contribution >= 4 is 17.6 Å². The van der Waals surface area contributed by atoms with Crippen molar-refractivity contribution in [3.8, 4) is 0 Å². The Labute approximate surface area is 174 Å². The Bertz CT molecular complexity index is 680. The number of rotatable bonds is 6. The van der Waals surface area contributed by atoms with Crippen LogP contribution in [0, 0.1) is 11.8 Å². The summed E-state index contributed by atoms with van der Waals surface area (Å²) in [6, 6.07) is 9.60. The highest BCUT2D eigenvalue weighted by molar-refractivity contribution is 6.30. The first-order valence-electron chi connectivity index (χ1n) is 10.9. The fourth-order valence-corrected chi connectivity index (χ4v) is 6.30. The third kappa shape index (κ3) is 4.39. The monoisotopic (exact) mass is 404 g/mol. The summed E-state index contributed by atoms with van der Waals surface area (Å²) in [5, 5.41) is 0.816. The molecule has 1 aromatic carbocycles. The van der Waals surface area contributed by atoms with Gasteiger partial charge in [0.05, 0.1) is 7.11 Å². The highest BCUT2D eigenvalue weighted by Crippen LogP contribution is 2.43. The molecule has 0 bridgehead atoms. The predicted octanol–water partition coefficient (Wildman–Crippen LogP) is 4.36. The number of likely N-dealkylation sites (tertiary alicyclic amines) is 1. The molecule has 3 heterocycles. The van der Waals surface area contributed by atoms with Crippen molar-refractivity contribution in [2.24, 2.45) is 11.8 Å². The Hall–Kier alpha value is -1.10. The molecule has 0 spiro atoms. The zero-order valence-corrected chi connectivity index (χ0v) is 17.7. The summed E-state index contributed by atoms with van der Waals surface area (Å²) >= 11 is 6.25. The van der Waals surface area contributed by atoms with Crippen molar-refractivity contribution in [2.45, 2.75) is 63.6 Å². The smallest absolute Gasteiger partial charge is 0.305 e. The largest absolute Gasteiger partial charge is 0.469 e. The number of methoxy groups -OCH3 is 1. The topological polar surface area (TPSA) is 32.8 Å². The molecule has 4 rings (SSSR count). The van der Waals surface area contributed by atoms with Crippen molar-refractivity contribution in [3.05, 3.63) is 34.9 Å². The Morgan fingerprint density at radius 2 is 2.07 bits per heavy atom. The molecule has 0 radical (unpaired) electrons. The number of hydrogen-bond donors (Lipinski definition) is 0. The zero-order valence-electron chi connectivity index (χ0n) is 17.0. The first kappa shape index (κ1) is 20.2. The molecule has 0 unspecified atom stereocenters. The van der Waals surface area contributed by atoms with Gasteiger partial charge in [-0.25, -0.2) is 0 Å².